The number of anilines is 1. The molecule has 4 rings (SSSR count). The summed E-state index contributed by atoms with van der Waals surface area (Å²) in [5.74, 6) is -1.20. The summed E-state index contributed by atoms with van der Waals surface area (Å²) in [5.41, 5.74) is 3.20. The van der Waals surface area contributed by atoms with Crippen LogP contribution in [-0.2, 0) is 19.6 Å². The Morgan fingerprint density at radius 3 is 2.23 bits per heavy atom. The van der Waals surface area contributed by atoms with E-state index < -0.39 is 28.0 Å². The molecule has 1 amide bonds. The Kier molecular flexibility index (Phi) is 7.33. The average molecular weight is 493 g/mol. The van der Waals surface area contributed by atoms with Crippen LogP contribution in [0.2, 0.25) is 0 Å². The van der Waals surface area contributed by atoms with Gasteiger partial charge in [-0.2, -0.15) is 4.31 Å². The normalized spacial score (nSPS) is 14.9. The number of nitrogens with zero attached hydrogens (tertiary/aromatic N) is 1. The molecule has 1 N–H and O–H groups in total. The smallest absolute Gasteiger partial charge is 0.339 e. The molecule has 0 bridgehead atoms. The van der Waals surface area contributed by atoms with E-state index in [1.165, 1.54) is 28.6 Å². The van der Waals surface area contributed by atoms with Gasteiger partial charge in [-0.1, -0.05) is 42.5 Å². The van der Waals surface area contributed by atoms with Crippen LogP contribution in [0.4, 0.5) is 5.69 Å². The first-order valence-corrected chi connectivity index (χ1v) is 12.9. The van der Waals surface area contributed by atoms with Gasteiger partial charge in [0.15, 0.2) is 0 Å². The van der Waals surface area contributed by atoms with Crippen LogP contribution < -0.4 is 5.32 Å². The van der Waals surface area contributed by atoms with E-state index in [0.29, 0.717) is 24.3 Å². The van der Waals surface area contributed by atoms with Gasteiger partial charge in [0.05, 0.1) is 10.5 Å². The molecule has 35 heavy (non-hydrogen) atoms. The summed E-state index contributed by atoms with van der Waals surface area (Å²) in [4.78, 5) is 26.3. The third-order valence-electron chi connectivity index (χ3n) is 6.01. The van der Waals surface area contributed by atoms with E-state index in [-0.39, 0.29) is 10.5 Å². The van der Waals surface area contributed by atoms with Gasteiger partial charge in [0, 0.05) is 24.3 Å². The second-order valence-electron chi connectivity index (χ2n) is 8.64. The molecule has 0 aromatic heterocycles. The molecule has 1 aliphatic heterocycles. The zero-order valence-corrected chi connectivity index (χ0v) is 20.5. The summed E-state index contributed by atoms with van der Waals surface area (Å²) in [6.07, 6.45) is 0.500. The van der Waals surface area contributed by atoms with Crippen LogP contribution in [0.3, 0.4) is 0 Å². The Morgan fingerprint density at radius 1 is 0.914 bits per heavy atom. The number of carbonyl (C=O) groups excluding carboxylic acids is 2. The topological polar surface area (TPSA) is 92.8 Å². The van der Waals surface area contributed by atoms with Crippen LogP contribution in [0.5, 0.6) is 0 Å². The third kappa shape index (κ3) is 5.61. The second-order valence-corrected chi connectivity index (χ2v) is 10.6. The first-order chi connectivity index (χ1) is 16.8. The van der Waals surface area contributed by atoms with Gasteiger partial charge in [-0.15, -0.1) is 0 Å². The van der Waals surface area contributed by atoms with E-state index in [2.05, 4.69) is 5.32 Å². The van der Waals surface area contributed by atoms with Crippen molar-refractivity contribution in [3.05, 3.63) is 95.1 Å². The maximum atomic E-state index is 13.2. The summed E-state index contributed by atoms with van der Waals surface area (Å²) < 4.78 is 32.6. The molecule has 0 aliphatic carbocycles. The number of esters is 1. The first kappa shape index (κ1) is 24.6. The second kappa shape index (κ2) is 10.4. The minimum atomic E-state index is -3.59. The van der Waals surface area contributed by atoms with Gasteiger partial charge in [0.2, 0.25) is 16.1 Å². The van der Waals surface area contributed by atoms with Crippen LogP contribution >= 0.6 is 0 Å². The lowest BCUT2D eigenvalue weighted by Gasteiger charge is -2.19. The van der Waals surface area contributed by atoms with Gasteiger partial charge in [-0.3, -0.25) is 4.79 Å². The lowest BCUT2D eigenvalue weighted by molar-refractivity contribution is -0.125. The van der Waals surface area contributed by atoms with Crippen LogP contribution in [0.25, 0.3) is 0 Å². The van der Waals surface area contributed by atoms with Gasteiger partial charge in [-0.25, -0.2) is 13.2 Å². The summed E-state index contributed by atoms with van der Waals surface area (Å²) in [7, 11) is -3.59. The van der Waals surface area contributed by atoms with E-state index >= 15 is 0 Å². The van der Waals surface area contributed by atoms with Crippen molar-refractivity contribution >= 4 is 27.6 Å². The molecule has 8 heteroatoms. The highest BCUT2D eigenvalue weighted by Crippen LogP contribution is 2.25. The molecule has 7 nitrogen and oxygen atoms in total. The molecular weight excluding hydrogens is 464 g/mol. The van der Waals surface area contributed by atoms with Crippen molar-refractivity contribution in [3.8, 4) is 0 Å². The van der Waals surface area contributed by atoms with Gasteiger partial charge in [0.1, 0.15) is 0 Å². The third-order valence-corrected chi connectivity index (χ3v) is 7.92. The molecule has 1 atom stereocenters. The number of hydrogen-bond donors (Lipinski definition) is 1. The quantitative estimate of drug-likeness (QED) is 0.486. The molecule has 1 aliphatic rings. The minimum absolute atomic E-state index is 0.128. The van der Waals surface area contributed by atoms with Crippen molar-refractivity contribution in [2.45, 2.75) is 37.7 Å². The number of carbonyl (C=O) groups is 2. The fourth-order valence-corrected chi connectivity index (χ4v) is 5.50. The van der Waals surface area contributed by atoms with Crippen LogP contribution in [0.15, 0.2) is 77.7 Å². The fourth-order valence-electron chi connectivity index (χ4n) is 3.99. The van der Waals surface area contributed by atoms with Crippen molar-refractivity contribution in [2.75, 3.05) is 18.4 Å². The Hall–Kier alpha value is -3.49. The van der Waals surface area contributed by atoms with Crippen LogP contribution in [0, 0.1) is 13.8 Å². The SMILES string of the molecule is Cc1ccc(C)c(NC(=O)[C@H](OC(=O)c2ccc(S(=O)(=O)N3CCCC3)cc2)c2ccccc2)c1. The van der Waals surface area contributed by atoms with Crippen molar-refractivity contribution in [1.29, 1.82) is 0 Å². The number of nitrogens with one attached hydrogen (secondary N) is 1. The van der Waals surface area contributed by atoms with Crippen molar-refractivity contribution in [2.24, 2.45) is 0 Å². The molecule has 0 unspecified atom stereocenters. The van der Waals surface area contributed by atoms with E-state index in [0.717, 1.165) is 24.0 Å². The molecule has 0 radical (unpaired) electrons. The molecule has 1 saturated heterocycles. The summed E-state index contributed by atoms with van der Waals surface area (Å²) in [6, 6.07) is 20.1. The number of aryl methyl sites for hydroxylation is 2. The number of ether oxygens (including phenoxy) is 1. The van der Waals surface area contributed by atoms with Crippen LogP contribution in [-0.4, -0.2) is 37.7 Å². The van der Waals surface area contributed by atoms with Crippen molar-refractivity contribution in [1.82, 2.24) is 4.31 Å². The highest BCUT2D eigenvalue weighted by Gasteiger charge is 2.29. The maximum Gasteiger partial charge on any atom is 0.339 e. The van der Waals surface area contributed by atoms with Gasteiger partial charge < -0.3 is 10.1 Å². The lowest BCUT2D eigenvalue weighted by atomic mass is 10.1. The van der Waals surface area contributed by atoms with Gasteiger partial charge in [-0.05, 0) is 68.1 Å². The van der Waals surface area contributed by atoms with Crippen molar-refractivity contribution < 1.29 is 22.7 Å². The molecule has 1 heterocycles. The Morgan fingerprint density at radius 2 is 1.57 bits per heavy atom. The standard InChI is InChI=1S/C27H28N2O5S/c1-19-10-11-20(2)24(18-19)28-26(30)25(21-8-4-3-5-9-21)34-27(31)22-12-14-23(15-13-22)35(32,33)29-16-6-7-17-29/h3-5,8-15,18,25H,6-7,16-17H2,1-2H3,(H,28,30)/t25-/m1/s1. The molecular formula is C27H28N2O5S. The lowest BCUT2D eigenvalue weighted by Crippen LogP contribution is -2.28. The monoisotopic (exact) mass is 492 g/mol. The number of hydrogen-bond acceptors (Lipinski definition) is 5. The largest absolute Gasteiger partial charge is 0.444 e. The summed E-state index contributed by atoms with van der Waals surface area (Å²) in [5, 5.41) is 2.87. The maximum absolute atomic E-state index is 13.2. The fraction of sp³-hybridized carbons (Fsp3) is 0.259. The highest BCUT2D eigenvalue weighted by atomic mass is 32.2. The number of amides is 1. The number of sulfonamides is 1. The Labute approximate surface area is 205 Å². The Balaban J connectivity index is 1.54. The van der Waals surface area contributed by atoms with Crippen molar-refractivity contribution in [3.63, 3.8) is 0 Å². The van der Waals surface area contributed by atoms with E-state index in [4.69, 9.17) is 4.74 Å². The average Bonchev–Trinajstić information content (AvgIpc) is 3.41. The Bertz CT molecular complexity index is 1320. The number of benzene rings is 3. The highest BCUT2D eigenvalue weighted by molar-refractivity contribution is 7.89. The summed E-state index contributed by atoms with van der Waals surface area (Å²) in [6.45, 7) is 4.81. The predicted octanol–water partition coefficient (Wildman–Crippen LogP) is 4.62. The molecule has 0 spiro atoms. The molecule has 3 aromatic rings. The zero-order valence-electron chi connectivity index (χ0n) is 19.7. The van der Waals surface area contributed by atoms with Crippen LogP contribution in [0.1, 0.15) is 46.0 Å². The van der Waals surface area contributed by atoms with Gasteiger partial charge in [0.25, 0.3) is 5.91 Å². The predicted molar refractivity (Wildman–Crippen MR) is 134 cm³/mol. The summed E-state index contributed by atoms with van der Waals surface area (Å²) >= 11 is 0. The molecule has 182 valence electrons. The molecule has 3 aromatic carbocycles. The first-order valence-electron chi connectivity index (χ1n) is 11.5. The minimum Gasteiger partial charge on any atom is -0.444 e. The van der Waals surface area contributed by atoms with E-state index in [1.807, 2.05) is 38.1 Å². The number of rotatable bonds is 7. The van der Waals surface area contributed by atoms with E-state index in [1.54, 1.807) is 24.3 Å². The molecule has 0 saturated carbocycles. The molecule has 1 fully saturated rings. The van der Waals surface area contributed by atoms with E-state index in [9.17, 15) is 18.0 Å². The van der Waals surface area contributed by atoms with Gasteiger partial charge >= 0.3 is 5.97 Å². The zero-order chi connectivity index (χ0) is 25.0.